The topological polar surface area (TPSA) is 143 Å². The number of carbonyl (C=O) groups excluding carboxylic acids is 2. The van der Waals surface area contributed by atoms with Crippen LogP contribution in [0.15, 0.2) is 48.5 Å². The molecule has 0 fully saturated rings. The largest absolute Gasteiger partial charge is 0.341 e. The molecular formula is C21H22N6O4. The van der Waals surface area contributed by atoms with E-state index in [1.165, 1.54) is 25.1 Å². The van der Waals surface area contributed by atoms with E-state index < -0.39 is 22.8 Å². The minimum absolute atomic E-state index is 0.0937. The molecule has 10 heteroatoms. The summed E-state index contributed by atoms with van der Waals surface area (Å²) in [5.41, 5.74) is 1.02. The van der Waals surface area contributed by atoms with E-state index in [2.05, 4.69) is 25.8 Å². The van der Waals surface area contributed by atoms with E-state index in [-0.39, 0.29) is 17.2 Å². The van der Waals surface area contributed by atoms with Gasteiger partial charge in [-0.05, 0) is 25.1 Å². The second-order valence-electron chi connectivity index (χ2n) is 7.24. The number of non-ortho nitro benzene ring substituents is 1. The zero-order valence-corrected chi connectivity index (χ0v) is 17.2. The number of H-pyrrole nitrogens is 1. The Morgan fingerprint density at radius 1 is 1.10 bits per heavy atom. The lowest BCUT2D eigenvalue weighted by molar-refractivity contribution is -0.384. The quantitative estimate of drug-likeness (QED) is 0.394. The summed E-state index contributed by atoms with van der Waals surface area (Å²) >= 11 is 0. The molecule has 0 saturated heterocycles. The smallest absolute Gasteiger partial charge is 0.270 e. The number of hydrogen-bond acceptors (Lipinski definition) is 6. The third-order valence-corrected chi connectivity index (χ3v) is 4.54. The molecule has 1 unspecified atom stereocenters. The van der Waals surface area contributed by atoms with Gasteiger partial charge < -0.3 is 10.6 Å². The Kier molecular flexibility index (Phi) is 6.39. The maximum Gasteiger partial charge on any atom is 0.270 e. The lowest BCUT2D eigenvalue weighted by Crippen LogP contribution is -2.41. The van der Waals surface area contributed by atoms with Gasteiger partial charge in [-0.3, -0.25) is 24.8 Å². The molecule has 0 spiro atoms. The lowest BCUT2D eigenvalue weighted by atomic mass is 10.1. The van der Waals surface area contributed by atoms with Gasteiger partial charge in [-0.1, -0.05) is 32.0 Å². The van der Waals surface area contributed by atoms with Crippen molar-refractivity contribution in [1.29, 1.82) is 0 Å². The van der Waals surface area contributed by atoms with Gasteiger partial charge in [0.15, 0.2) is 5.82 Å². The first-order valence-corrected chi connectivity index (χ1v) is 9.64. The van der Waals surface area contributed by atoms with Gasteiger partial charge in [0.25, 0.3) is 11.6 Å². The standard InChI is InChI=1S/C21H22N6O4/c1-12(2)18-24-19(26-25-18)16-9-4-5-10-17(16)23-20(28)13(3)22-21(29)14-7-6-8-15(11-14)27(30)31/h4-13H,1-3H3,(H,22,29)(H,23,28)(H,24,25,26). The molecular weight excluding hydrogens is 400 g/mol. The maximum absolute atomic E-state index is 12.7. The van der Waals surface area contributed by atoms with Gasteiger partial charge in [0, 0.05) is 29.2 Å². The Hall–Kier alpha value is -4.08. The van der Waals surface area contributed by atoms with Gasteiger partial charge in [-0.25, -0.2) is 4.98 Å². The van der Waals surface area contributed by atoms with Crippen molar-refractivity contribution in [2.45, 2.75) is 32.7 Å². The van der Waals surface area contributed by atoms with Crippen molar-refractivity contribution in [3.05, 3.63) is 70.0 Å². The summed E-state index contributed by atoms with van der Waals surface area (Å²) in [7, 11) is 0. The first kappa shape index (κ1) is 21.6. The summed E-state index contributed by atoms with van der Waals surface area (Å²) in [4.78, 5) is 39.8. The molecule has 3 rings (SSSR count). The van der Waals surface area contributed by atoms with Crippen LogP contribution in [0.4, 0.5) is 11.4 Å². The third kappa shape index (κ3) is 5.10. The Balaban J connectivity index is 1.72. The highest BCUT2D eigenvalue weighted by atomic mass is 16.6. The van der Waals surface area contributed by atoms with Crippen LogP contribution >= 0.6 is 0 Å². The van der Waals surface area contributed by atoms with Crippen molar-refractivity contribution in [2.75, 3.05) is 5.32 Å². The van der Waals surface area contributed by atoms with Crippen molar-refractivity contribution in [2.24, 2.45) is 0 Å². The molecule has 10 nitrogen and oxygen atoms in total. The number of nitrogens with one attached hydrogen (secondary N) is 3. The van der Waals surface area contributed by atoms with Crippen LogP contribution < -0.4 is 10.6 Å². The molecule has 1 heterocycles. The van der Waals surface area contributed by atoms with E-state index in [1.54, 1.807) is 18.2 Å². The number of amides is 2. The Labute approximate surface area is 178 Å². The zero-order valence-electron chi connectivity index (χ0n) is 17.2. The number of nitro groups is 1. The van der Waals surface area contributed by atoms with Crippen LogP contribution in [-0.4, -0.2) is 38.0 Å². The molecule has 1 atom stereocenters. The number of anilines is 1. The van der Waals surface area contributed by atoms with Gasteiger partial charge in [-0.2, -0.15) is 5.10 Å². The van der Waals surface area contributed by atoms with Crippen LogP contribution in [-0.2, 0) is 4.79 Å². The van der Waals surface area contributed by atoms with E-state index in [9.17, 15) is 19.7 Å². The maximum atomic E-state index is 12.7. The van der Waals surface area contributed by atoms with Gasteiger partial charge in [0.1, 0.15) is 11.9 Å². The Morgan fingerprint density at radius 3 is 2.52 bits per heavy atom. The normalized spacial score (nSPS) is 11.7. The van der Waals surface area contributed by atoms with Crippen molar-refractivity contribution in [3.63, 3.8) is 0 Å². The monoisotopic (exact) mass is 422 g/mol. The predicted octanol–water partition coefficient (Wildman–Crippen LogP) is 3.26. The fourth-order valence-corrected chi connectivity index (χ4v) is 2.79. The fourth-order valence-electron chi connectivity index (χ4n) is 2.79. The van der Waals surface area contributed by atoms with Crippen LogP contribution in [0.2, 0.25) is 0 Å². The van der Waals surface area contributed by atoms with Crippen LogP contribution in [0.3, 0.4) is 0 Å². The molecule has 0 bridgehead atoms. The average Bonchev–Trinajstić information content (AvgIpc) is 3.24. The minimum atomic E-state index is -0.891. The van der Waals surface area contributed by atoms with Gasteiger partial charge >= 0.3 is 0 Å². The van der Waals surface area contributed by atoms with Crippen LogP contribution in [0.25, 0.3) is 11.4 Å². The average molecular weight is 422 g/mol. The summed E-state index contributed by atoms with van der Waals surface area (Å²) in [5, 5.41) is 23.3. The summed E-state index contributed by atoms with van der Waals surface area (Å²) in [6, 6.07) is 11.5. The van der Waals surface area contributed by atoms with E-state index in [0.717, 1.165) is 11.9 Å². The first-order chi connectivity index (χ1) is 14.8. The number of para-hydroxylation sites is 1. The van der Waals surface area contributed by atoms with E-state index >= 15 is 0 Å². The van der Waals surface area contributed by atoms with Gasteiger partial charge in [0.05, 0.1) is 10.6 Å². The van der Waals surface area contributed by atoms with Crippen LogP contribution in [0, 0.1) is 10.1 Å². The molecule has 31 heavy (non-hydrogen) atoms. The van der Waals surface area contributed by atoms with Crippen molar-refractivity contribution in [3.8, 4) is 11.4 Å². The second kappa shape index (κ2) is 9.16. The van der Waals surface area contributed by atoms with E-state index in [0.29, 0.717) is 17.1 Å². The number of aromatic amines is 1. The summed E-state index contributed by atoms with van der Waals surface area (Å²) in [6.07, 6.45) is 0. The zero-order chi connectivity index (χ0) is 22.5. The molecule has 2 amide bonds. The Bertz CT molecular complexity index is 1120. The van der Waals surface area contributed by atoms with Gasteiger partial charge in [-0.15, -0.1) is 0 Å². The molecule has 0 radical (unpaired) electrons. The van der Waals surface area contributed by atoms with Crippen molar-refractivity contribution < 1.29 is 14.5 Å². The van der Waals surface area contributed by atoms with Crippen LogP contribution in [0.1, 0.15) is 42.9 Å². The second-order valence-corrected chi connectivity index (χ2v) is 7.24. The molecule has 1 aromatic heterocycles. The van der Waals surface area contributed by atoms with E-state index in [1.807, 2.05) is 19.9 Å². The SMILES string of the molecule is CC(NC(=O)c1cccc([N+](=O)[O-])c1)C(=O)Nc1ccccc1-c1n[nH]c(C(C)C)n1. The number of hydrogen-bond donors (Lipinski definition) is 3. The molecule has 2 aromatic carbocycles. The molecule has 0 aliphatic carbocycles. The number of aromatic nitrogens is 3. The molecule has 0 saturated carbocycles. The number of nitrogens with zero attached hydrogens (tertiary/aromatic N) is 3. The van der Waals surface area contributed by atoms with Gasteiger partial charge in [0.2, 0.25) is 5.91 Å². The third-order valence-electron chi connectivity index (χ3n) is 4.54. The highest BCUT2D eigenvalue weighted by Crippen LogP contribution is 2.26. The number of carbonyl (C=O) groups is 2. The summed E-state index contributed by atoms with van der Waals surface area (Å²) in [6.45, 7) is 5.50. The highest BCUT2D eigenvalue weighted by Gasteiger charge is 2.20. The summed E-state index contributed by atoms with van der Waals surface area (Å²) < 4.78 is 0. The minimum Gasteiger partial charge on any atom is -0.341 e. The fraction of sp³-hybridized carbons (Fsp3) is 0.238. The van der Waals surface area contributed by atoms with Crippen molar-refractivity contribution in [1.82, 2.24) is 20.5 Å². The number of nitro benzene ring substituents is 1. The molecule has 3 N–H and O–H groups in total. The number of benzene rings is 2. The van der Waals surface area contributed by atoms with Crippen LogP contribution in [0.5, 0.6) is 0 Å². The van der Waals surface area contributed by atoms with Crippen molar-refractivity contribution >= 4 is 23.2 Å². The first-order valence-electron chi connectivity index (χ1n) is 9.64. The lowest BCUT2D eigenvalue weighted by Gasteiger charge is -2.15. The molecule has 0 aliphatic rings. The summed E-state index contributed by atoms with van der Waals surface area (Å²) in [5.74, 6) is 0.315. The molecule has 0 aliphatic heterocycles. The Morgan fingerprint density at radius 2 is 1.84 bits per heavy atom. The molecule has 160 valence electrons. The highest BCUT2D eigenvalue weighted by molar-refractivity contribution is 6.02. The van der Waals surface area contributed by atoms with E-state index in [4.69, 9.17) is 0 Å². The molecule has 3 aromatic rings. The number of rotatable bonds is 7. The predicted molar refractivity (Wildman–Crippen MR) is 115 cm³/mol.